The van der Waals surface area contributed by atoms with Gasteiger partial charge in [-0.2, -0.15) is 0 Å². The third kappa shape index (κ3) is 6.08. The van der Waals surface area contributed by atoms with Gasteiger partial charge in [-0.05, 0) is 41.7 Å². The summed E-state index contributed by atoms with van der Waals surface area (Å²) in [6.07, 6.45) is 6.08. The van der Waals surface area contributed by atoms with Crippen LogP contribution in [0, 0.1) is 5.92 Å². The maximum Gasteiger partial charge on any atom is 0.261 e. The number of benzene rings is 3. The SMILES string of the molecule is C=CCN(CC1OC(c2ccc(CN3C(=O)c4ccccc4C3=O)cc2)OC(c2ccc(CO)cc2)C1C)C1CCCC1. The second-order valence-corrected chi connectivity index (χ2v) is 12.0. The molecule has 1 aliphatic carbocycles. The third-order valence-electron chi connectivity index (χ3n) is 9.21. The van der Waals surface area contributed by atoms with Gasteiger partial charge in [0.15, 0.2) is 6.29 Å². The average Bonchev–Trinajstić information content (AvgIpc) is 3.66. The lowest BCUT2D eigenvalue weighted by Gasteiger charge is -2.43. The monoisotopic (exact) mass is 580 g/mol. The summed E-state index contributed by atoms with van der Waals surface area (Å²) in [6, 6.07) is 23.3. The van der Waals surface area contributed by atoms with Gasteiger partial charge < -0.3 is 14.6 Å². The summed E-state index contributed by atoms with van der Waals surface area (Å²) in [4.78, 5) is 29.6. The second kappa shape index (κ2) is 12.9. The molecule has 0 radical (unpaired) electrons. The molecule has 2 aliphatic heterocycles. The molecular formula is C36H40N2O5. The minimum absolute atomic E-state index is 0.000675. The topological polar surface area (TPSA) is 79.3 Å². The molecule has 0 aromatic heterocycles. The van der Waals surface area contributed by atoms with Gasteiger partial charge in [0.2, 0.25) is 0 Å². The van der Waals surface area contributed by atoms with Crippen molar-refractivity contribution in [1.29, 1.82) is 0 Å². The van der Waals surface area contributed by atoms with Crippen LogP contribution in [0.3, 0.4) is 0 Å². The molecule has 6 rings (SSSR count). The number of carbonyl (C=O) groups is 2. The van der Waals surface area contributed by atoms with E-state index in [4.69, 9.17) is 9.47 Å². The van der Waals surface area contributed by atoms with Crippen LogP contribution in [-0.4, -0.2) is 52.0 Å². The van der Waals surface area contributed by atoms with Gasteiger partial charge in [0.25, 0.3) is 11.8 Å². The van der Waals surface area contributed by atoms with E-state index >= 15 is 0 Å². The summed E-state index contributed by atoms with van der Waals surface area (Å²) < 4.78 is 13.4. The molecule has 0 spiro atoms. The van der Waals surface area contributed by atoms with Crippen molar-refractivity contribution in [3.8, 4) is 0 Å². The highest BCUT2D eigenvalue weighted by molar-refractivity contribution is 6.21. The largest absolute Gasteiger partial charge is 0.392 e. The van der Waals surface area contributed by atoms with Gasteiger partial charge in [-0.25, -0.2) is 0 Å². The van der Waals surface area contributed by atoms with Crippen molar-refractivity contribution in [2.45, 2.75) is 70.3 Å². The van der Waals surface area contributed by atoms with Crippen LogP contribution in [0.2, 0.25) is 0 Å². The Labute approximate surface area is 253 Å². The number of nitrogens with zero attached hydrogens (tertiary/aromatic N) is 2. The Morgan fingerprint density at radius 2 is 1.49 bits per heavy atom. The molecule has 2 amide bonds. The van der Waals surface area contributed by atoms with Crippen LogP contribution >= 0.6 is 0 Å². The molecule has 0 bridgehead atoms. The summed E-state index contributed by atoms with van der Waals surface area (Å²) >= 11 is 0. The van der Waals surface area contributed by atoms with Crippen LogP contribution in [0.1, 0.15) is 88.0 Å². The molecule has 1 N–H and O–H groups in total. The van der Waals surface area contributed by atoms with E-state index in [0.29, 0.717) is 17.2 Å². The van der Waals surface area contributed by atoms with Crippen molar-refractivity contribution in [3.63, 3.8) is 0 Å². The van der Waals surface area contributed by atoms with E-state index in [0.717, 1.165) is 35.3 Å². The molecule has 1 saturated carbocycles. The zero-order valence-electron chi connectivity index (χ0n) is 24.7. The fourth-order valence-electron chi connectivity index (χ4n) is 6.71. The number of hydrogen-bond acceptors (Lipinski definition) is 6. The zero-order chi connectivity index (χ0) is 29.9. The average molecular weight is 581 g/mol. The van der Waals surface area contributed by atoms with Crippen LogP contribution in [0.4, 0.5) is 0 Å². The number of fused-ring (bicyclic) bond motifs is 1. The molecule has 3 aromatic carbocycles. The summed E-state index contributed by atoms with van der Waals surface area (Å²) in [5.41, 5.74) is 4.57. The quantitative estimate of drug-likeness (QED) is 0.227. The highest BCUT2D eigenvalue weighted by Gasteiger charge is 2.40. The molecule has 224 valence electrons. The van der Waals surface area contributed by atoms with Crippen LogP contribution in [0.15, 0.2) is 85.5 Å². The number of carbonyl (C=O) groups excluding carboxylic acids is 2. The van der Waals surface area contributed by atoms with Gasteiger partial charge >= 0.3 is 0 Å². The highest BCUT2D eigenvalue weighted by Crippen LogP contribution is 2.42. The number of ether oxygens (including phenoxy) is 2. The van der Waals surface area contributed by atoms with E-state index in [1.165, 1.54) is 30.6 Å². The number of amides is 2. The fourth-order valence-corrected chi connectivity index (χ4v) is 6.71. The fraction of sp³-hybridized carbons (Fsp3) is 0.389. The van der Waals surface area contributed by atoms with Crippen molar-refractivity contribution in [3.05, 3.63) is 119 Å². The van der Waals surface area contributed by atoms with Crippen molar-refractivity contribution in [2.75, 3.05) is 13.1 Å². The number of aliphatic hydroxyl groups is 1. The predicted octanol–water partition coefficient (Wildman–Crippen LogP) is 6.20. The second-order valence-electron chi connectivity index (χ2n) is 12.0. The van der Waals surface area contributed by atoms with Crippen LogP contribution < -0.4 is 0 Å². The minimum Gasteiger partial charge on any atom is -0.392 e. The number of rotatable bonds is 10. The Morgan fingerprint density at radius 3 is 2.09 bits per heavy atom. The van der Waals surface area contributed by atoms with Crippen LogP contribution in [0.5, 0.6) is 0 Å². The maximum absolute atomic E-state index is 12.9. The van der Waals surface area contributed by atoms with Gasteiger partial charge in [-0.1, -0.05) is 86.5 Å². The predicted molar refractivity (Wildman–Crippen MR) is 164 cm³/mol. The van der Waals surface area contributed by atoms with Crippen LogP contribution in [-0.2, 0) is 22.6 Å². The van der Waals surface area contributed by atoms with E-state index in [1.807, 2.05) is 54.6 Å². The summed E-state index contributed by atoms with van der Waals surface area (Å²) in [6.45, 7) is 8.03. The van der Waals surface area contributed by atoms with Gasteiger partial charge in [0, 0.05) is 30.6 Å². The Kier molecular flexibility index (Phi) is 8.86. The van der Waals surface area contributed by atoms with Gasteiger partial charge in [-0.3, -0.25) is 19.4 Å². The summed E-state index contributed by atoms with van der Waals surface area (Å²) in [5, 5.41) is 9.56. The number of imide groups is 1. The molecule has 7 nitrogen and oxygen atoms in total. The molecule has 43 heavy (non-hydrogen) atoms. The zero-order valence-corrected chi connectivity index (χ0v) is 24.7. The molecule has 2 fully saturated rings. The van der Waals surface area contributed by atoms with Crippen LogP contribution in [0.25, 0.3) is 0 Å². The van der Waals surface area contributed by atoms with Crippen molar-refractivity contribution in [1.82, 2.24) is 9.80 Å². The number of aliphatic hydroxyl groups excluding tert-OH is 1. The Bertz CT molecular complexity index is 1410. The molecular weight excluding hydrogens is 540 g/mol. The molecule has 3 aromatic rings. The third-order valence-corrected chi connectivity index (χ3v) is 9.21. The smallest absolute Gasteiger partial charge is 0.261 e. The van der Waals surface area contributed by atoms with E-state index in [9.17, 15) is 14.7 Å². The lowest BCUT2D eigenvalue weighted by atomic mass is 9.89. The molecule has 1 saturated heterocycles. The van der Waals surface area contributed by atoms with Gasteiger partial charge in [0.05, 0.1) is 36.5 Å². The molecule has 3 aliphatic rings. The highest BCUT2D eigenvalue weighted by atomic mass is 16.7. The first-order valence-corrected chi connectivity index (χ1v) is 15.4. The Balaban J connectivity index is 1.22. The molecule has 2 heterocycles. The van der Waals surface area contributed by atoms with E-state index in [-0.39, 0.29) is 43.1 Å². The van der Waals surface area contributed by atoms with E-state index < -0.39 is 6.29 Å². The lowest BCUT2D eigenvalue weighted by Crippen LogP contribution is -2.47. The van der Waals surface area contributed by atoms with Crippen molar-refractivity contribution in [2.24, 2.45) is 5.92 Å². The Morgan fingerprint density at radius 1 is 0.884 bits per heavy atom. The summed E-state index contributed by atoms with van der Waals surface area (Å²) in [7, 11) is 0. The molecule has 4 atom stereocenters. The van der Waals surface area contributed by atoms with Crippen molar-refractivity contribution < 1.29 is 24.2 Å². The summed E-state index contributed by atoms with van der Waals surface area (Å²) in [5.74, 6) is -0.429. The lowest BCUT2D eigenvalue weighted by molar-refractivity contribution is -0.276. The molecule has 7 heteroatoms. The first-order chi connectivity index (χ1) is 21.0. The van der Waals surface area contributed by atoms with E-state index in [1.54, 1.807) is 24.3 Å². The van der Waals surface area contributed by atoms with Crippen molar-refractivity contribution >= 4 is 11.8 Å². The first-order valence-electron chi connectivity index (χ1n) is 15.4. The molecule has 4 unspecified atom stereocenters. The Hall–Kier alpha value is -3.62. The normalized spacial score (nSPS) is 24.1. The minimum atomic E-state index is -0.578. The van der Waals surface area contributed by atoms with Gasteiger partial charge in [-0.15, -0.1) is 6.58 Å². The standard InChI is InChI=1S/C36H40N2O5/c1-3-20-37(29-8-4-5-9-29)22-32-24(2)33(27-16-14-26(23-39)15-17-27)43-36(42-32)28-18-12-25(13-19-28)21-38-34(40)30-10-6-7-11-31(30)35(38)41/h3,6-7,10-19,24,29,32-33,36,39H,1,4-5,8-9,20-23H2,2H3. The first kappa shape index (κ1) is 29.5. The van der Waals surface area contributed by atoms with E-state index in [2.05, 4.69) is 18.4 Å². The maximum atomic E-state index is 12.9. The van der Waals surface area contributed by atoms with Gasteiger partial charge in [0.1, 0.15) is 0 Å². The number of hydrogen-bond donors (Lipinski definition) is 1.